The van der Waals surface area contributed by atoms with E-state index in [1.807, 2.05) is 26.2 Å². The summed E-state index contributed by atoms with van der Waals surface area (Å²) in [5.41, 5.74) is 2.63. The van der Waals surface area contributed by atoms with Crippen LogP contribution in [-0.4, -0.2) is 55.3 Å². The van der Waals surface area contributed by atoms with Crippen molar-refractivity contribution in [1.82, 2.24) is 10.3 Å². The van der Waals surface area contributed by atoms with Gasteiger partial charge in [0.05, 0.1) is 17.7 Å². The molecule has 0 radical (unpaired) electrons. The van der Waals surface area contributed by atoms with Crippen molar-refractivity contribution in [3.05, 3.63) is 0 Å². The Bertz CT molecular complexity index is 393. The fraction of sp³-hybridized carbons (Fsp3) is 0.800. The molecule has 8 heteroatoms. The fourth-order valence-corrected chi connectivity index (χ4v) is 1.66. The summed E-state index contributed by atoms with van der Waals surface area (Å²) in [5, 5.41) is 3.82. The van der Waals surface area contributed by atoms with E-state index in [4.69, 9.17) is 15.4 Å². The highest BCUT2D eigenvalue weighted by atomic mass is 16.6. The van der Waals surface area contributed by atoms with Crippen LogP contribution in [0.3, 0.4) is 0 Å². The zero-order chi connectivity index (χ0) is 17.9. The third kappa shape index (κ3) is 11.5. The lowest BCUT2D eigenvalue weighted by Gasteiger charge is -2.14. The van der Waals surface area contributed by atoms with Crippen LogP contribution in [0.25, 0.3) is 0 Å². The van der Waals surface area contributed by atoms with Crippen LogP contribution in [0, 0.1) is 5.92 Å². The predicted octanol–water partition coefficient (Wildman–Crippen LogP) is 0.669. The maximum absolute atomic E-state index is 10.9. The first-order chi connectivity index (χ1) is 10.7. The van der Waals surface area contributed by atoms with Gasteiger partial charge in [0.15, 0.2) is 0 Å². The molecule has 2 amide bonds. The first-order valence-electron chi connectivity index (χ1n) is 7.61. The Morgan fingerprint density at radius 3 is 2.52 bits per heavy atom. The van der Waals surface area contributed by atoms with Gasteiger partial charge in [-0.2, -0.15) is 0 Å². The molecule has 1 aliphatic rings. The van der Waals surface area contributed by atoms with E-state index in [1.54, 1.807) is 18.9 Å². The van der Waals surface area contributed by atoms with Crippen LogP contribution in [0.5, 0.6) is 0 Å². The van der Waals surface area contributed by atoms with Gasteiger partial charge in [0.1, 0.15) is 6.61 Å². The Balaban J connectivity index is 0.000000688. The fourth-order valence-electron chi connectivity index (χ4n) is 1.66. The molecule has 3 N–H and O–H groups in total. The van der Waals surface area contributed by atoms with Gasteiger partial charge in [-0.25, -0.2) is 5.84 Å². The second kappa shape index (κ2) is 11.0. The largest absolute Gasteiger partial charge is 0.395 e. The van der Waals surface area contributed by atoms with Crippen molar-refractivity contribution in [2.45, 2.75) is 46.1 Å². The third-order valence-electron chi connectivity index (χ3n) is 3.19. The number of amides is 2. The number of nitrogens with zero attached hydrogens (tertiary/aromatic N) is 2. The summed E-state index contributed by atoms with van der Waals surface area (Å²) in [7, 11) is 1.71. The Labute approximate surface area is 138 Å². The highest BCUT2D eigenvalue weighted by molar-refractivity contribution is 5.99. The van der Waals surface area contributed by atoms with Gasteiger partial charge in [-0.15, -0.1) is 0 Å². The molecule has 8 nitrogen and oxygen atoms in total. The Hall–Kier alpha value is -1.67. The van der Waals surface area contributed by atoms with Gasteiger partial charge in [-0.3, -0.25) is 15.0 Å². The maximum atomic E-state index is 10.9. The van der Waals surface area contributed by atoms with E-state index in [1.165, 1.54) is 0 Å². The molecule has 1 heterocycles. The summed E-state index contributed by atoms with van der Waals surface area (Å²) in [6.45, 7) is 9.71. The van der Waals surface area contributed by atoms with E-state index in [0.29, 0.717) is 24.8 Å². The van der Waals surface area contributed by atoms with Gasteiger partial charge in [0.25, 0.3) is 0 Å². The van der Waals surface area contributed by atoms with Crippen LogP contribution in [-0.2, 0) is 19.2 Å². The molecular formula is C15H30N4O4. The topological polar surface area (TPSA) is 106 Å². The molecule has 1 atom stereocenters. The van der Waals surface area contributed by atoms with Crippen molar-refractivity contribution >= 4 is 18.0 Å². The second-order valence-electron chi connectivity index (χ2n) is 6.44. The number of carbonyl (C=O) groups is 2. The summed E-state index contributed by atoms with van der Waals surface area (Å²) in [4.78, 5) is 28.3. The number of methoxy groups -OCH3 is 1. The van der Waals surface area contributed by atoms with E-state index < -0.39 is 0 Å². The first kappa shape index (κ1) is 21.3. The zero-order valence-corrected chi connectivity index (χ0v) is 14.8. The van der Waals surface area contributed by atoms with Gasteiger partial charge in [0, 0.05) is 26.1 Å². The SMILES string of the molecule is C/C(CC(=O)NN)=N\OCC1CCN(C=O)C1.COC(C)(C)C. The number of ether oxygens (including phenoxy) is 1. The molecule has 1 aliphatic heterocycles. The predicted molar refractivity (Wildman–Crippen MR) is 88.5 cm³/mol. The normalized spacial score (nSPS) is 18.1. The molecule has 1 fully saturated rings. The maximum Gasteiger partial charge on any atom is 0.239 e. The number of likely N-dealkylation sites (tertiary alicyclic amines) is 1. The average Bonchev–Trinajstić information content (AvgIpc) is 2.95. The van der Waals surface area contributed by atoms with Gasteiger partial charge in [-0.1, -0.05) is 5.16 Å². The van der Waals surface area contributed by atoms with Crippen molar-refractivity contribution in [2.24, 2.45) is 16.9 Å². The van der Waals surface area contributed by atoms with Gasteiger partial charge in [0.2, 0.25) is 12.3 Å². The molecule has 0 aromatic heterocycles. The van der Waals surface area contributed by atoms with Crippen molar-refractivity contribution in [3.63, 3.8) is 0 Å². The van der Waals surface area contributed by atoms with Crippen LogP contribution in [0.4, 0.5) is 0 Å². The number of nitrogens with one attached hydrogen (secondary N) is 1. The standard InChI is InChI=1S/C10H18N4O3.C5H12O/c1-8(4-10(16)12-11)13-17-6-9-2-3-14(5-9)7-15;1-5(2,3)6-4/h7,9H,2-6,11H2,1H3,(H,12,16);1-4H3/b13-8+;. The summed E-state index contributed by atoms with van der Waals surface area (Å²) >= 11 is 0. The van der Waals surface area contributed by atoms with Crippen LogP contribution in [0.1, 0.15) is 40.5 Å². The van der Waals surface area contributed by atoms with E-state index in [9.17, 15) is 9.59 Å². The Morgan fingerprint density at radius 2 is 2.09 bits per heavy atom. The molecule has 0 aromatic rings. The Morgan fingerprint density at radius 1 is 1.48 bits per heavy atom. The van der Waals surface area contributed by atoms with Crippen molar-refractivity contribution in [2.75, 3.05) is 26.8 Å². The summed E-state index contributed by atoms with van der Waals surface area (Å²) < 4.78 is 4.94. The quantitative estimate of drug-likeness (QED) is 0.245. The number of rotatable bonds is 6. The van der Waals surface area contributed by atoms with E-state index in [2.05, 4.69) is 5.16 Å². The lowest BCUT2D eigenvalue weighted by molar-refractivity contribution is -0.120. The highest BCUT2D eigenvalue weighted by Gasteiger charge is 2.21. The minimum Gasteiger partial charge on any atom is -0.395 e. The minimum atomic E-state index is -0.303. The van der Waals surface area contributed by atoms with Crippen molar-refractivity contribution in [1.29, 1.82) is 0 Å². The lowest BCUT2D eigenvalue weighted by atomic mass is 10.1. The second-order valence-corrected chi connectivity index (χ2v) is 6.44. The zero-order valence-electron chi connectivity index (χ0n) is 14.8. The van der Waals surface area contributed by atoms with Crippen LogP contribution < -0.4 is 11.3 Å². The molecular weight excluding hydrogens is 300 g/mol. The molecule has 0 spiro atoms. The highest BCUT2D eigenvalue weighted by Crippen LogP contribution is 2.14. The number of oxime groups is 1. The monoisotopic (exact) mass is 330 g/mol. The lowest BCUT2D eigenvalue weighted by Crippen LogP contribution is -2.31. The summed E-state index contributed by atoms with van der Waals surface area (Å²) in [5.74, 6) is 4.96. The molecule has 0 saturated carbocycles. The molecule has 134 valence electrons. The molecule has 0 aromatic carbocycles. The number of nitrogens with two attached hydrogens (primary N) is 1. The molecule has 1 rings (SSSR count). The molecule has 0 aliphatic carbocycles. The summed E-state index contributed by atoms with van der Waals surface area (Å²) in [6.07, 6.45) is 1.90. The number of hydrogen-bond acceptors (Lipinski definition) is 6. The smallest absolute Gasteiger partial charge is 0.239 e. The number of hydrogen-bond donors (Lipinski definition) is 2. The van der Waals surface area contributed by atoms with Gasteiger partial charge < -0.3 is 14.5 Å². The number of carbonyl (C=O) groups excluding carboxylic acids is 2. The molecule has 1 unspecified atom stereocenters. The third-order valence-corrected chi connectivity index (χ3v) is 3.19. The van der Waals surface area contributed by atoms with E-state index >= 15 is 0 Å². The Kier molecular flexibility index (Phi) is 10.2. The first-order valence-corrected chi connectivity index (χ1v) is 7.61. The van der Waals surface area contributed by atoms with Crippen LogP contribution in [0.2, 0.25) is 0 Å². The van der Waals surface area contributed by atoms with Crippen LogP contribution >= 0.6 is 0 Å². The van der Waals surface area contributed by atoms with Gasteiger partial charge >= 0.3 is 0 Å². The van der Waals surface area contributed by atoms with E-state index in [0.717, 1.165) is 19.4 Å². The van der Waals surface area contributed by atoms with Crippen molar-refractivity contribution in [3.8, 4) is 0 Å². The number of hydrazine groups is 1. The molecule has 0 bridgehead atoms. The molecule has 23 heavy (non-hydrogen) atoms. The molecule has 1 saturated heterocycles. The minimum absolute atomic E-state index is 0.0417. The van der Waals surface area contributed by atoms with Crippen LogP contribution in [0.15, 0.2) is 5.16 Å². The van der Waals surface area contributed by atoms with E-state index in [-0.39, 0.29) is 17.9 Å². The van der Waals surface area contributed by atoms with Gasteiger partial charge in [-0.05, 0) is 34.1 Å². The van der Waals surface area contributed by atoms with Crippen molar-refractivity contribution < 1.29 is 19.2 Å². The average molecular weight is 330 g/mol. The summed E-state index contributed by atoms with van der Waals surface area (Å²) in [6, 6.07) is 0.